The maximum atomic E-state index is 13.5. The lowest BCUT2D eigenvalue weighted by Gasteiger charge is -2.22. The highest BCUT2D eigenvalue weighted by molar-refractivity contribution is 6.13. The number of halogens is 2. The summed E-state index contributed by atoms with van der Waals surface area (Å²) in [7, 11) is 0. The zero-order valence-electron chi connectivity index (χ0n) is 15.3. The average Bonchev–Trinajstić information content (AvgIpc) is 3.34. The Morgan fingerprint density at radius 1 is 1.00 bits per heavy atom. The third-order valence-electron chi connectivity index (χ3n) is 5.35. The number of carbonyl (C=O) groups is 2. The molecule has 0 saturated carbocycles. The molecule has 2 heterocycles. The van der Waals surface area contributed by atoms with E-state index in [1.54, 1.807) is 0 Å². The number of nitrogens with zero attached hydrogens (tertiary/aromatic N) is 2. The minimum absolute atomic E-state index is 0.261. The molecule has 0 bridgehead atoms. The van der Waals surface area contributed by atoms with Crippen LogP contribution in [0.1, 0.15) is 19.3 Å². The van der Waals surface area contributed by atoms with Crippen LogP contribution in [0.25, 0.3) is 0 Å². The molecule has 1 atom stereocenters. The van der Waals surface area contributed by atoms with Gasteiger partial charge in [-0.1, -0.05) is 12.1 Å². The van der Waals surface area contributed by atoms with Crippen molar-refractivity contribution in [3.63, 3.8) is 0 Å². The van der Waals surface area contributed by atoms with Crippen LogP contribution in [0, 0.1) is 17.6 Å². The number of amides is 2. The van der Waals surface area contributed by atoms with Crippen molar-refractivity contribution in [2.45, 2.75) is 19.3 Å². The molecule has 4 rings (SSSR count). The van der Waals surface area contributed by atoms with Gasteiger partial charge < -0.3 is 15.1 Å². The van der Waals surface area contributed by atoms with E-state index in [-0.39, 0.29) is 18.1 Å². The Balaban J connectivity index is 1.49. The molecule has 0 radical (unpaired) electrons. The Labute approximate surface area is 161 Å². The van der Waals surface area contributed by atoms with E-state index >= 15 is 0 Å². The quantitative estimate of drug-likeness (QED) is 0.819. The van der Waals surface area contributed by atoms with Gasteiger partial charge in [0.2, 0.25) is 11.8 Å². The first-order valence-corrected chi connectivity index (χ1v) is 9.46. The fourth-order valence-corrected chi connectivity index (χ4v) is 3.87. The van der Waals surface area contributed by atoms with E-state index in [9.17, 15) is 18.4 Å². The third kappa shape index (κ3) is 3.44. The molecule has 2 aliphatic heterocycles. The van der Waals surface area contributed by atoms with Gasteiger partial charge >= 0.3 is 0 Å². The molecular formula is C21H21F2N3O2. The van der Waals surface area contributed by atoms with E-state index in [1.807, 2.05) is 24.3 Å². The summed E-state index contributed by atoms with van der Waals surface area (Å²) in [5.74, 6) is -3.61. The normalized spacial score (nSPS) is 19.4. The molecule has 1 N–H and O–H groups in total. The topological polar surface area (TPSA) is 52.7 Å². The maximum Gasteiger partial charge on any atom is 0.239 e. The number of anilines is 3. The number of hydrogen-bond acceptors (Lipinski definition) is 3. The van der Waals surface area contributed by atoms with E-state index in [0.717, 1.165) is 43.8 Å². The standard InChI is InChI=1S/C21H21F2N3O2/c22-16-8-7-14(13-17(16)23)26-12-9-15(21(26)28)20(27)24-18-5-1-2-6-19(18)25-10-3-4-11-25/h1-2,5-8,13,15H,3-4,9-12H2,(H,24,27)/t15-/m0/s1. The molecule has 2 aliphatic rings. The summed E-state index contributed by atoms with van der Waals surface area (Å²) in [4.78, 5) is 29.0. The van der Waals surface area contributed by atoms with Crippen LogP contribution >= 0.6 is 0 Å². The molecule has 5 nitrogen and oxygen atoms in total. The number of para-hydroxylation sites is 2. The van der Waals surface area contributed by atoms with E-state index in [2.05, 4.69) is 10.2 Å². The lowest BCUT2D eigenvalue weighted by molar-refractivity contribution is -0.129. The minimum atomic E-state index is -1.02. The molecule has 2 saturated heterocycles. The maximum absolute atomic E-state index is 13.5. The van der Waals surface area contributed by atoms with Crippen molar-refractivity contribution in [1.82, 2.24) is 0 Å². The van der Waals surface area contributed by atoms with Crippen LogP contribution in [0.3, 0.4) is 0 Å². The lowest BCUT2D eigenvalue weighted by atomic mass is 10.1. The molecular weight excluding hydrogens is 364 g/mol. The van der Waals surface area contributed by atoms with Gasteiger partial charge in [-0.2, -0.15) is 0 Å². The summed E-state index contributed by atoms with van der Waals surface area (Å²) < 4.78 is 26.6. The Morgan fingerprint density at radius 3 is 2.50 bits per heavy atom. The molecule has 146 valence electrons. The number of benzene rings is 2. The van der Waals surface area contributed by atoms with Crippen LogP contribution in [0.5, 0.6) is 0 Å². The largest absolute Gasteiger partial charge is 0.370 e. The van der Waals surface area contributed by atoms with Gasteiger partial charge in [-0.3, -0.25) is 9.59 Å². The predicted molar refractivity (Wildman–Crippen MR) is 103 cm³/mol. The first-order valence-electron chi connectivity index (χ1n) is 9.46. The molecule has 0 aliphatic carbocycles. The van der Waals surface area contributed by atoms with Gasteiger partial charge in [0.25, 0.3) is 0 Å². The summed E-state index contributed by atoms with van der Waals surface area (Å²) in [6, 6.07) is 10.9. The van der Waals surface area contributed by atoms with Gasteiger partial charge in [-0.15, -0.1) is 0 Å². The molecule has 2 amide bonds. The zero-order valence-corrected chi connectivity index (χ0v) is 15.3. The summed E-state index contributed by atoms with van der Waals surface area (Å²) in [5, 5.41) is 2.89. The number of rotatable bonds is 4. The van der Waals surface area contributed by atoms with Crippen LogP contribution < -0.4 is 15.1 Å². The molecule has 0 spiro atoms. The average molecular weight is 385 g/mol. The van der Waals surface area contributed by atoms with Crippen molar-refractivity contribution in [2.75, 3.05) is 34.8 Å². The Bertz CT molecular complexity index is 912. The second-order valence-electron chi connectivity index (χ2n) is 7.13. The molecule has 0 unspecified atom stereocenters. The minimum Gasteiger partial charge on any atom is -0.370 e. The van der Waals surface area contributed by atoms with Crippen molar-refractivity contribution in [2.24, 2.45) is 5.92 Å². The smallest absolute Gasteiger partial charge is 0.239 e. The van der Waals surface area contributed by atoms with Crippen LogP contribution in [-0.2, 0) is 9.59 Å². The van der Waals surface area contributed by atoms with Gasteiger partial charge in [0.1, 0.15) is 5.92 Å². The Kier molecular flexibility index (Phi) is 4.98. The first kappa shape index (κ1) is 18.4. The summed E-state index contributed by atoms with van der Waals surface area (Å²) in [6.07, 6.45) is 2.56. The molecule has 7 heteroatoms. The number of nitrogens with one attached hydrogen (secondary N) is 1. The van der Waals surface area contributed by atoms with Crippen molar-refractivity contribution in [3.05, 3.63) is 54.1 Å². The van der Waals surface area contributed by atoms with E-state index < -0.39 is 23.5 Å². The Hall–Kier alpha value is -2.96. The Morgan fingerprint density at radius 2 is 1.75 bits per heavy atom. The number of carbonyl (C=O) groups excluding carboxylic acids is 2. The third-order valence-corrected chi connectivity index (χ3v) is 5.35. The summed E-state index contributed by atoms with van der Waals surface area (Å²) in [5.41, 5.74) is 1.90. The highest BCUT2D eigenvalue weighted by Crippen LogP contribution is 2.31. The molecule has 0 aromatic heterocycles. The van der Waals surface area contributed by atoms with E-state index in [4.69, 9.17) is 0 Å². The molecule has 2 fully saturated rings. The monoisotopic (exact) mass is 385 g/mol. The molecule has 28 heavy (non-hydrogen) atoms. The van der Waals surface area contributed by atoms with Crippen LogP contribution in [0.15, 0.2) is 42.5 Å². The van der Waals surface area contributed by atoms with Gasteiger partial charge in [0.05, 0.1) is 11.4 Å². The van der Waals surface area contributed by atoms with Crippen LogP contribution in [0.2, 0.25) is 0 Å². The molecule has 2 aromatic carbocycles. The van der Waals surface area contributed by atoms with E-state index in [0.29, 0.717) is 12.1 Å². The second-order valence-corrected chi connectivity index (χ2v) is 7.13. The van der Waals surface area contributed by atoms with Gasteiger partial charge in [-0.05, 0) is 43.5 Å². The first-order chi connectivity index (χ1) is 13.5. The fourth-order valence-electron chi connectivity index (χ4n) is 3.87. The van der Waals surface area contributed by atoms with Gasteiger partial charge in [0, 0.05) is 31.4 Å². The lowest BCUT2D eigenvalue weighted by Crippen LogP contribution is -2.33. The van der Waals surface area contributed by atoms with Crippen molar-refractivity contribution >= 4 is 28.9 Å². The highest BCUT2D eigenvalue weighted by atomic mass is 19.2. The SMILES string of the molecule is O=C(Nc1ccccc1N1CCCC1)[C@@H]1CCN(c2ccc(F)c(F)c2)C1=O. The fraction of sp³-hybridized carbons (Fsp3) is 0.333. The predicted octanol–water partition coefficient (Wildman–Crippen LogP) is 3.56. The zero-order chi connectivity index (χ0) is 19.7. The highest BCUT2D eigenvalue weighted by Gasteiger charge is 2.38. The van der Waals surface area contributed by atoms with Crippen molar-refractivity contribution in [3.8, 4) is 0 Å². The van der Waals surface area contributed by atoms with Crippen LogP contribution in [-0.4, -0.2) is 31.4 Å². The van der Waals surface area contributed by atoms with Gasteiger partial charge in [0.15, 0.2) is 11.6 Å². The second kappa shape index (κ2) is 7.58. The summed E-state index contributed by atoms with van der Waals surface area (Å²) in [6.45, 7) is 2.17. The number of hydrogen-bond donors (Lipinski definition) is 1. The molecule has 2 aromatic rings. The van der Waals surface area contributed by atoms with Crippen LogP contribution in [0.4, 0.5) is 25.8 Å². The van der Waals surface area contributed by atoms with Crippen molar-refractivity contribution < 1.29 is 18.4 Å². The summed E-state index contributed by atoms with van der Waals surface area (Å²) >= 11 is 0. The van der Waals surface area contributed by atoms with E-state index in [1.165, 1.54) is 11.0 Å². The van der Waals surface area contributed by atoms with Gasteiger partial charge in [-0.25, -0.2) is 8.78 Å². The van der Waals surface area contributed by atoms with Crippen molar-refractivity contribution in [1.29, 1.82) is 0 Å².